The van der Waals surface area contributed by atoms with Crippen molar-refractivity contribution in [2.75, 3.05) is 0 Å². The Labute approximate surface area is 88.7 Å². The number of carbonyl (C=O) groups excluding carboxylic acids is 1. The SMILES string of the molecule is O=Cc1ccc(-n2cncn2)cc1Br. The Bertz CT molecular complexity index is 453. The minimum absolute atomic E-state index is 0.619. The highest BCUT2D eigenvalue weighted by Crippen LogP contribution is 2.18. The van der Waals surface area contributed by atoms with Gasteiger partial charge in [0.1, 0.15) is 12.7 Å². The van der Waals surface area contributed by atoms with E-state index < -0.39 is 0 Å². The summed E-state index contributed by atoms with van der Waals surface area (Å²) in [6.07, 6.45) is 3.86. The number of benzene rings is 1. The summed E-state index contributed by atoms with van der Waals surface area (Å²) >= 11 is 3.30. The molecular weight excluding hydrogens is 246 g/mol. The lowest BCUT2D eigenvalue weighted by atomic mass is 10.2. The molecule has 0 bridgehead atoms. The number of aromatic nitrogens is 3. The number of aldehydes is 1. The van der Waals surface area contributed by atoms with Gasteiger partial charge in [-0.25, -0.2) is 9.67 Å². The average Bonchev–Trinajstić information content (AvgIpc) is 2.70. The normalized spacial score (nSPS) is 10.1. The monoisotopic (exact) mass is 251 g/mol. The van der Waals surface area contributed by atoms with Crippen LogP contribution < -0.4 is 0 Å². The van der Waals surface area contributed by atoms with Crippen molar-refractivity contribution in [2.45, 2.75) is 0 Å². The van der Waals surface area contributed by atoms with Gasteiger partial charge in [-0.15, -0.1) is 0 Å². The van der Waals surface area contributed by atoms with E-state index in [-0.39, 0.29) is 0 Å². The van der Waals surface area contributed by atoms with E-state index >= 15 is 0 Å². The van der Waals surface area contributed by atoms with Crippen LogP contribution in [0.3, 0.4) is 0 Å². The Hall–Kier alpha value is -1.49. The van der Waals surface area contributed by atoms with Crippen LogP contribution in [-0.2, 0) is 0 Å². The van der Waals surface area contributed by atoms with Crippen LogP contribution in [0.1, 0.15) is 10.4 Å². The molecule has 0 saturated heterocycles. The molecule has 5 heteroatoms. The summed E-state index contributed by atoms with van der Waals surface area (Å²) in [6.45, 7) is 0. The van der Waals surface area contributed by atoms with Crippen LogP contribution in [-0.4, -0.2) is 21.1 Å². The van der Waals surface area contributed by atoms with Crippen molar-refractivity contribution in [3.63, 3.8) is 0 Å². The van der Waals surface area contributed by atoms with Crippen molar-refractivity contribution < 1.29 is 4.79 Å². The molecule has 0 atom stereocenters. The maximum Gasteiger partial charge on any atom is 0.151 e. The third-order valence-electron chi connectivity index (χ3n) is 1.79. The predicted molar refractivity (Wildman–Crippen MR) is 54.4 cm³/mol. The van der Waals surface area contributed by atoms with Crippen molar-refractivity contribution >= 4 is 22.2 Å². The van der Waals surface area contributed by atoms with E-state index in [1.807, 2.05) is 12.1 Å². The maximum absolute atomic E-state index is 10.6. The quantitative estimate of drug-likeness (QED) is 0.766. The van der Waals surface area contributed by atoms with E-state index in [9.17, 15) is 4.79 Å². The molecule has 4 nitrogen and oxygen atoms in total. The van der Waals surface area contributed by atoms with Crippen LogP contribution in [0, 0.1) is 0 Å². The smallest absolute Gasteiger partial charge is 0.151 e. The first kappa shape index (κ1) is 9.08. The summed E-state index contributed by atoms with van der Waals surface area (Å²) in [4.78, 5) is 14.4. The second-order valence-corrected chi connectivity index (χ2v) is 3.52. The molecule has 0 radical (unpaired) electrons. The first-order valence-electron chi connectivity index (χ1n) is 3.91. The topological polar surface area (TPSA) is 47.8 Å². The highest BCUT2D eigenvalue weighted by Gasteiger charge is 2.01. The molecular formula is C9H6BrN3O. The van der Waals surface area contributed by atoms with Crippen LogP contribution in [0.4, 0.5) is 0 Å². The van der Waals surface area contributed by atoms with Crippen molar-refractivity contribution in [1.82, 2.24) is 14.8 Å². The molecule has 0 unspecified atom stereocenters. The molecule has 0 aliphatic heterocycles. The van der Waals surface area contributed by atoms with Crippen LogP contribution in [0.25, 0.3) is 5.69 Å². The minimum atomic E-state index is 0.619. The Morgan fingerprint density at radius 3 is 2.86 bits per heavy atom. The zero-order valence-electron chi connectivity index (χ0n) is 7.09. The Balaban J connectivity index is 2.48. The van der Waals surface area contributed by atoms with E-state index in [1.54, 1.807) is 17.1 Å². The first-order valence-corrected chi connectivity index (χ1v) is 4.70. The second kappa shape index (κ2) is 3.71. The van der Waals surface area contributed by atoms with E-state index in [0.717, 1.165) is 16.4 Å². The van der Waals surface area contributed by atoms with E-state index in [2.05, 4.69) is 26.0 Å². The fourth-order valence-corrected chi connectivity index (χ4v) is 1.56. The molecule has 0 N–H and O–H groups in total. The lowest BCUT2D eigenvalue weighted by molar-refractivity contribution is 0.112. The Morgan fingerprint density at radius 2 is 2.29 bits per heavy atom. The number of halogens is 1. The zero-order valence-corrected chi connectivity index (χ0v) is 8.68. The van der Waals surface area contributed by atoms with Crippen LogP contribution in [0.15, 0.2) is 35.3 Å². The lowest BCUT2D eigenvalue weighted by Crippen LogP contribution is -1.95. The van der Waals surface area contributed by atoms with Gasteiger partial charge >= 0.3 is 0 Å². The summed E-state index contributed by atoms with van der Waals surface area (Å²) in [5, 5.41) is 3.98. The van der Waals surface area contributed by atoms with Gasteiger partial charge < -0.3 is 0 Å². The Morgan fingerprint density at radius 1 is 1.43 bits per heavy atom. The standard InChI is InChI=1S/C9H6BrN3O/c10-9-3-8(2-1-7(9)4-14)13-6-11-5-12-13/h1-6H. The number of carbonyl (C=O) groups is 1. The van der Waals surface area contributed by atoms with Crippen LogP contribution in [0.2, 0.25) is 0 Å². The molecule has 2 rings (SSSR count). The van der Waals surface area contributed by atoms with E-state index in [4.69, 9.17) is 0 Å². The molecule has 0 aliphatic rings. The first-order chi connectivity index (χ1) is 6.81. The second-order valence-electron chi connectivity index (χ2n) is 2.66. The average molecular weight is 252 g/mol. The third-order valence-corrected chi connectivity index (χ3v) is 2.48. The van der Waals surface area contributed by atoms with Gasteiger partial charge in [0, 0.05) is 10.0 Å². The van der Waals surface area contributed by atoms with Crippen molar-refractivity contribution in [3.8, 4) is 5.69 Å². The fraction of sp³-hybridized carbons (Fsp3) is 0. The summed E-state index contributed by atoms with van der Waals surface area (Å²) in [5.74, 6) is 0. The highest BCUT2D eigenvalue weighted by molar-refractivity contribution is 9.10. The summed E-state index contributed by atoms with van der Waals surface area (Å²) in [5.41, 5.74) is 1.48. The predicted octanol–water partition coefficient (Wildman–Crippen LogP) is 1.84. The van der Waals surface area contributed by atoms with Gasteiger partial charge in [0.2, 0.25) is 0 Å². The molecule has 1 aromatic heterocycles. The molecule has 0 aliphatic carbocycles. The van der Waals surface area contributed by atoms with Crippen molar-refractivity contribution in [3.05, 3.63) is 40.9 Å². The molecule has 0 saturated carbocycles. The van der Waals surface area contributed by atoms with Gasteiger partial charge in [0.05, 0.1) is 5.69 Å². The number of hydrogen-bond acceptors (Lipinski definition) is 3. The zero-order chi connectivity index (χ0) is 9.97. The van der Waals surface area contributed by atoms with Crippen LogP contribution in [0.5, 0.6) is 0 Å². The van der Waals surface area contributed by atoms with Gasteiger partial charge in [-0.2, -0.15) is 5.10 Å². The molecule has 0 amide bonds. The third kappa shape index (κ3) is 1.58. The summed E-state index contributed by atoms with van der Waals surface area (Å²) < 4.78 is 2.37. The molecule has 2 aromatic rings. The molecule has 0 spiro atoms. The molecule has 14 heavy (non-hydrogen) atoms. The van der Waals surface area contributed by atoms with Crippen molar-refractivity contribution in [2.24, 2.45) is 0 Å². The lowest BCUT2D eigenvalue weighted by Gasteiger charge is -2.02. The van der Waals surface area contributed by atoms with E-state index in [1.165, 1.54) is 6.33 Å². The molecule has 1 heterocycles. The Kier molecular flexibility index (Phi) is 2.41. The van der Waals surface area contributed by atoms with Gasteiger partial charge in [-0.1, -0.05) is 0 Å². The van der Waals surface area contributed by atoms with E-state index in [0.29, 0.717) is 5.56 Å². The van der Waals surface area contributed by atoms with Crippen molar-refractivity contribution in [1.29, 1.82) is 0 Å². The molecule has 1 aromatic carbocycles. The number of rotatable bonds is 2. The van der Waals surface area contributed by atoms with Gasteiger partial charge in [0.25, 0.3) is 0 Å². The minimum Gasteiger partial charge on any atom is -0.298 e. The fourth-order valence-electron chi connectivity index (χ4n) is 1.10. The highest BCUT2D eigenvalue weighted by atomic mass is 79.9. The van der Waals surface area contributed by atoms with Crippen LogP contribution >= 0.6 is 15.9 Å². The maximum atomic E-state index is 10.6. The number of nitrogens with zero attached hydrogens (tertiary/aromatic N) is 3. The summed E-state index contributed by atoms with van der Waals surface area (Å²) in [6, 6.07) is 5.36. The van der Waals surface area contributed by atoms with Gasteiger partial charge in [-0.3, -0.25) is 4.79 Å². The summed E-state index contributed by atoms with van der Waals surface area (Å²) in [7, 11) is 0. The molecule has 0 fully saturated rings. The van der Waals surface area contributed by atoms with Gasteiger partial charge in [0.15, 0.2) is 6.29 Å². The van der Waals surface area contributed by atoms with Gasteiger partial charge in [-0.05, 0) is 34.1 Å². The largest absolute Gasteiger partial charge is 0.298 e. The number of hydrogen-bond donors (Lipinski definition) is 0. The molecule has 70 valence electrons.